The fraction of sp³-hybridized carbons (Fsp3) is 0.571. The van der Waals surface area contributed by atoms with Gasteiger partial charge >= 0.3 is 0 Å². The van der Waals surface area contributed by atoms with E-state index in [1.807, 2.05) is 12.1 Å². The third kappa shape index (κ3) is 2.27. The van der Waals surface area contributed by atoms with Gasteiger partial charge in [-0.25, -0.2) is 0 Å². The minimum absolute atomic E-state index is 0.469. The summed E-state index contributed by atoms with van der Waals surface area (Å²) >= 11 is 5.47. The third-order valence-electron chi connectivity index (χ3n) is 4.10. The van der Waals surface area contributed by atoms with Gasteiger partial charge in [-0.1, -0.05) is 6.92 Å². The van der Waals surface area contributed by atoms with Crippen LogP contribution >= 0.6 is 12.2 Å². The Kier molecular flexibility index (Phi) is 3.31. The first-order chi connectivity index (χ1) is 9.19. The number of nitrogens with zero attached hydrogens (tertiary/aromatic N) is 2. The third-order valence-corrected chi connectivity index (χ3v) is 4.40. The molecular formula is C14H19N3OS. The standard InChI is InChI=1S/C14H19N3OS/c1-9-3-5-10(6-4-9)17-13-11(15-14(17)19)7-8-12(16-13)18-2/h7-10H,3-6H2,1-2H3,(H,15,19). The van der Waals surface area contributed by atoms with Crippen LogP contribution in [-0.4, -0.2) is 21.6 Å². The van der Waals surface area contributed by atoms with E-state index in [1.165, 1.54) is 25.7 Å². The number of fused-ring (bicyclic) bond motifs is 1. The smallest absolute Gasteiger partial charge is 0.215 e. The second kappa shape index (κ2) is 4.96. The first-order valence-electron chi connectivity index (χ1n) is 6.84. The number of rotatable bonds is 2. The molecule has 0 saturated heterocycles. The van der Waals surface area contributed by atoms with E-state index in [9.17, 15) is 0 Å². The van der Waals surface area contributed by atoms with Crippen LogP contribution in [0.2, 0.25) is 0 Å². The molecule has 0 amide bonds. The minimum Gasteiger partial charge on any atom is -0.481 e. The number of hydrogen-bond donors (Lipinski definition) is 1. The summed E-state index contributed by atoms with van der Waals surface area (Å²) in [4.78, 5) is 7.80. The summed E-state index contributed by atoms with van der Waals surface area (Å²) in [5, 5.41) is 0. The zero-order valence-corrected chi connectivity index (χ0v) is 12.2. The van der Waals surface area contributed by atoms with Gasteiger partial charge < -0.3 is 9.72 Å². The van der Waals surface area contributed by atoms with Crippen molar-refractivity contribution in [3.63, 3.8) is 0 Å². The number of imidazole rings is 1. The molecule has 4 nitrogen and oxygen atoms in total. The van der Waals surface area contributed by atoms with Crippen LogP contribution in [0.4, 0.5) is 0 Å². The van der Waals surface area contributed by atoms with Gasteiger partial charge in [-0.15, -0.1) is 0 Å². The van der Waals surface area contributed by atoms with E-state index >= 15 is 0 Å². The molecule has 0 radical (unpaired) electrons. The second-order valence-corrected chi connectivity index (χ2v) is 5.83. The van der Waals surface area contributed by atoms with Gasteiger partial charge in [0.1, 0.15) is 0 Å². The largest absolute Gasteiger partial charge is 0.481 e. The zero-order chi connectivity index (χ0) is 13.4. The maximum atomic E-state index is 5.47. The lowest BCUT2D eigenvalue weighted by Gasteiger charge is -2.27. The van der Waals surface area contributed by atoms with Crippen molar-refractivity contribution < 1.29 is 4.74 Å². The van der Waals surface area contributed by atoms with Gasteiger partial charge in [-0.3, -0.25) is 4.57 Å². The normalized spacial score (nSPS) is 23.7. The lowest BCUT2D eigenvalue weighted by Crippen LogP contribution is -2.17. The fourth-order valence-electron chi connectivity index (χ4n) is 2.94. The maximum Gasteiger partial charge on any atom is 0.215 e. The van der Waals surface area contributed by atoms with E-state index < -0.39 is 0 Å². The van der Waals surface area contributed by atoms with Crippen LogP contribution in [0.5, 0.6) is 5.88 Å². The Bertz CT molecular complexity index is 638. The SMILES string of the molecule is COc1ccc2[nH]c(=S)n(C3CCC(C)CC3)c2n1. The Morgan fingerprint density at radius 1 is 1.32 bits per heavy atom. The lowest BCUT2D eigenvalue weighted by atomic mass is 9.87. The molecule has 0 aromatic carbocycles. The Morgan fingerprint density at radius 3 is 2.74 bits per heavy atom. The molecule has 0 spiro atoms. The average molecular weight is 277 g/mol. The summed E-state index contributed by atoms with van der Waals surface area (Å²) in [7, 11) is 1.64. The summed E-state index contributed by atoms with van der Waals surface area (Å²) in [5.41, 5.74) is 1.91. The molecule has 1 aliphatic carbocycles. The summed E-state index contributed by atoms with van der Waals surface area (Å²) in [6.45, 7) is 2.33. The molecule has 1 N–H and O–H groups in total. The Morgan fingerprint density at radius 2 is 2.05 bits per heavy atom. The molecule has 102 valence electrons. The van der Waals surface area contributed by atoms with Gasteiger partial charge in [-0.2, -0.15) is 4.98 Å². The molecule has 0 bridgehead atoms. The van der Waals surface area contributed by atoms with Crippen LogP contribution in [0.15, 0.2) is 12.1 Å². The van der Waals surface area contributed by atoms with Crippen molar-refractivity contribution in [1.29, 1.82) is 0 Å². The number of aromatic nitrogens is 3. The van der Waals surface area contributed by atoms with E-state index in [0.29, 0.717) is 11.9 Å². The summed E-state index contributed by atoms with van der Waals surface area (Å²) in [6, 6.07) is 4.32. The molecule has 1 saturated carbocycles. The van der Waals surface area contributed by atoms with Crippen LogP contribution in [0.1, 0.15) is 38.6 Å². The highest BCUT2D eigenvalue weighted by molar-refractivity contribution is 7.71. The molecule has 3 rings (SSSR count). The zero-order valence-electron chi connectivity index (χ0n) is 11.3. The average Bonchev–Trinajstić information content (AvgIpc) is 2.75. The van der Waals surface area contributed by atoms with E-state index in [0.717, 1.165) is 21.9 Å². The monoisotopic (exact) mass is 277 g/mol. The molecule has 0 atom stereocenters. The van der Waals surface area contributed by atoms with Gasteiger partial charge in [0.15, 0.2) is 10.4 Å². The first kappa shape index (κ1) is 12.7. The highest BCUT2D eigenvalue weighted by Crippen LogP contribution is 2.34. The molecule has 1 fully saturated rings. The van der Waals surface area contributed by atoms with Gasteiger partial charge in [0.25, 0.3) is 0 Å². The highest BCUT2D eigenvalue weighted by Gasteiger charge is 2.22. The van der Waals surface area contributed by atoms with Crippen molar-refractivity contribution in [2.24, 2.45) is 5.92 Å². The number of aromatic amines is 1. The molecule has 2 aromatic heterocycles. The minimum atomic E-state index is 0.469. The molecule has 0 unspecified atom stereocenters. The maximum absolute atomic E-state index is 5.47. The van der Waals surface area contributed by atoms with Crippen LogP contribution in [0.25, 0.3) is 11.2 Å². The molecule has 2 aromatic rings. The summed E-state index contributed by atoms with van der Waals surface area (Å²) in [5.74, 6) is 1.47. The lowest BCUT2D eigenvalue weighted by molar-refractivity contribution is 0.291. The number of nitrogens with one attached hydrogen (secondary N) is 1. The van der Waals surface area contributed by atoms with Gasteiger partial charge in [0.2, 0.25) is 5.88 Å². The highest BCUT2D eigenvalue weighted by atomic mass is 32.1. The number of pyridine rings is 1. The van der Waals surface area contributed by atoms with Crippen LogP contribution in [0.3, 0.4) is 0 Å². The van der Waals surface area contributed by atoms with Crippen molar-refractivity contribution in [3.05, 3.63) is 16.9 Å². The van der Waals surface area contributed by atoms with Gasteiger partial charge in [-0.05, 0) is 49.9 Å². The Labute approximate surface area is 117 Å². The molecule has 1 aliphatic rings. The Hall–Kier alpha value is -1.36. The number of methoxy groups -OCH3 is 1. The van der Waals surface area contributed by atoms with Crippen molar-refractivity contribution in [3.8, 4) is 5.88 Å². The molecule has 19 heavy (non-hydrogen) atoms. The van der Waals surface area contributed by atoms with Crippen molar-refractivity contribution >= 4 is 23.4 Å². The number of ether oxygens (including phenoxy) is 1. The van der Waals surface area contributed by atoms with Crippen LogP contribution in [-0.2, 0) is 0 Å². The molecule has 0 aliphatic heterocycles. The predicted molar refractivity (Wildman–Crippen MR) is 78.1 cm³/mol. The number of hydrogen-bond acceptors (Lipinski definition) is 3. The number of H-pyrrole nitrogens is 1. The van der Waals surface area contributed by atoms with Crippen LogP contribution < -0.4 is 4.74 Å². The topological polar surface area (TPSA) is 42.8 Å². The molecule has 2 heterocycles. The van der Waals surface area contributed by atoms with E-state index in [4.69, 9.17) is 17.0 Å². The van der Waals surface area contributed by atoms with Crippen molar-refractivity contribution in [2.45, 2.75) is 38.6 Å². The molecule has 5 heteroatoms. The summed E-state index contributed by atoms with van der Waals surface area (Å²) in [6.07, 6.45) is 4.90. The van der Waals surface area contributed by atoms with E-state index in [-0.39, 0.29) is 0 Å². The fourth-order valence-corrected chi connectivity index (χ4v) is 3.28. The van der Waals surface area contributed by atoms with Gasteiger partial charge in [0, 0.05) is 12.1 Å². The Balaban J connectivity index is 2.06. The first-order valence-corrected chi connectivity index (χ1v) is 7.25. The van der Waals surface area contributed by atoms with Crippen molar-refractivity contribution in [1.82, 2.24) is 14.5 Å². The molecular weight excluding hydrogens is 258 g/mol. The van der Waals surface area contributed by atoms with Gasteiger partial charge in [0.05, 0.1) is 12.6 Å². The van der Waals surface area contributed by atoms with E-state index in [2.05, 4.69) is 21.5 Å². The quantitative estimate of drug-likeness (QED) is 0.848. The second-order valence-electron chi connectivity index (χ2n) is 5.44. The van der Waals surface area contributed by atoms with Crippen molar-refractivity contribution in [2.75, 3.05) is 7.11 Å². The summed E-state index contributed by atoms with van der Waals surface area (Å²) < 4.78 is 8.17. The van der Waals surface area contributed by atoms with Crippen LogP contribution in [0, 0.1) is 10.7 Å². The van der Waals surface area contributed by atoms with E-state index in [1.54, 1.807) is 7.11 Å². The predicted octanol–water partition coefficient (Wildman–Crippen LogP) is 3.85.